The van der Waals surface area contributed by atoms with Crippen molar-refractivity contribution in [2.45, 2.75) is 59.9 Å². The van der Waals surface area contributed by atoms with Gasteiger partial charge in [0.05, 0.1) is 17.8 Å². The van der Waals surface area contributed by atoms with Crippen molar-refractivity contribution in [1.29, 1.82) is 0 Å². The van der Waals surface area contributed by atoms with Crippen molar-refractivity contribution in [3.05, 3.63) is 92.5 Å². The summed E-state index contributed by atoms with van der Waals surface area (Å²) in [4.78, 5) is 27.5. The normalized spacial score (nSPS) is 13.6. The Morgan fingerprint density at radius 3 is 2.46 bits per heavy atom. The predicted molar refractivity (Wildman–Crippen MR) is 157 cm³/mol. The number of carboxylic acids is 1. The van der Waals surface area contributed by atoms with E-state index in [0.29, 0.717) is 18.8 Å². The minimum Gasteiger partial charge on any atom is -0.481 e. The monoisotopic (exact) mass is 528 g/mol. The molecule has 206 valence electrons. The number of carboxylic acid groups (broad SMARTS) is 1. The average molecular weight is 529 g/mol. The van der Waals surface area contributed by atoms with Crippen LogP contribution in [0, 0.1) is 27.7 Å². The SMILES string of the molecule is CCN(NC)c1ccc(C(CC(=O)O)c2ccc3c(c2)CN(C(=O)c2cc(C)cc(C)c2C)CC3)c(C)c1N. The molecule has 7 heteroatoms. The molecule has 1 atom stereocenters. The van der Waals surface area contributed by atoms with Crippen LogP contribution in [0.4, 0.5) is 11.4 Å². The van der Waals surface area contributed by atoms with Crippen LogP contribution in [0.2, 0.25) is 0 Å². The summed E-state index contributed by atoms with van der Waals surface area (Å²) >= 11 is 0. The molecule has 0 aromatic heterocycles. The molecular formula is C32H40N4O3. The third-order valence-electron chi connectivity index (χ3n) is 8.14. The molecule has 0 spiro atoms. The lowest BCUT2D eigenvalue weighted by atomic mass is 9.83. The van der Waals surface area contributed by atoms with Gasteiger partial charge in [0.25, 0.3) is 5.91 Å². The summed E-state index contributed by atoms with van der Waals surface area (Å²) in [6, 6.07) is 14.2. The molecule has 39 heavy (non-hydrogen) atoms. The molecule has 7 nitrogen and oxygen atoms in total. The molecule has 1 aliphatic rings. The Hall–Kier alpha value is -3.84. The Kier molecular flexibility index (Phi) is 8.31. The molecule has 1 aliphatic heterocycles. The number of carbonyl (C=O) groups is 2. The number of anilines is 2. The number of hydrazine groups is 1. The molecule has 4 N–H and O–H groups in total. The molecule has 0 saturated carbocycles. The van der Waals surface area contributed by atoms with Crippen molar-refractivity contribution < 1.29 is 14.7 Å². The second-order valence-electron chi connectivity index (χ2n) is 10.6. The predicted octanol–water partition coefficient (Wildman–Crippen LogP) is 5.27. The average Bonchev–Trinajstić information content (AvgIpc) is 2.91. The van der Waals surface area contributed by atoms with Gasteiger partial charge in [-0.3, -0.25) is 9.59 Å². The number of amides is 1. The number of hydrogen-bond donors (Lipinski definition) is 3. The smallest absolute Gasteiger partial charge is 0.304 e. The minimum atomic E-state index is -0.868. The van der Waals surface area contributed by atoms with Gasteiger partial charge in [-0.15, -0.1) is 0 Å². The maximum absolute atomic E-state index is 13.6. The summed E-state index contributed by atoms with van der Waals surface area (Å²) in [5.41, 5.74) is 20.2. The van der Waals surface area contributed by atoms with E-state index in [2.05, 4.69) is 23.6 Å². The van der Waals surface area contributed by atoms with E-state index in [4.69, 9.17) is 5.73 Å². The van der Waals surface area contributed by atoms with Crippen LogP contribution >= 0.6 is 0 Å². The van der Waals surface area contributed by atoms with E-state index < -0.39 is 5.97 Å². The number of nitrogen functional groups attached to an aromatic ring is 1. The van der Waals surface area contributed by atoms with Gasteiger partial charge >= 0.3 is 5.97 Å². The van der Waals surface area contributed by atoms with E-state index in [0.717, 1.165) is 63.2 Å². The maximum Gasteiger partial charge on any atom is 0.304 e. The van der Waals surface area contributed by atoms with Gasteiger partial charge < -0.3 is 20.7 Å². The zero-order valence-electron chi connectivity index (χ0n) is 23.9. The van der Waals surface area contributed by atoms with Gasteiger partial charge in [0.15, 0.2) is 0 Å². The van der Waals surface area contributed by atoms with Gasteiger partial charge in [-0.2, -0.15) is 0 Å². The van der Waals surface area contributed by atoms with Crippen molar-refractivity contribution in [2.75, 3.05) is 30.9 Å². The first-order valence-corrected chi connectivity index (χ1v) is 13.6. The van der Waals surface area contributed by atoms with Crippen LogP contribution in [0.5, 0.6) is 0 Å². The number of rotatable bonds is 8. The first-order chi connectivity index (χ1) is 18.5. The fourth-order valence-corrected chi connectivity index (χ4v) is 5.77. The van der Waals surface area contributed by atoms with E-state index in [1.54, 1.807) is 0 Å². The Balaban J connectivity index is 1.69. The maximum atomic E-state index is 13.6. The van der Waals surface area contributed by atoms with Crippen molar-refractivity contribution in [2.24, 2.45) is 0 Å². The van der Waals surface area contributed by atoms with E-state index in [1.807, 2.05) is 75.8 Å². The summed E-state index contributed by atoms with van der Waals surface area (Å²) < 4.78 is 0. The van der Waals surface area contributed by atoms with E-state index >= 15 is 0 Å². The highest BCUT2D eigenvalue weighted by molar-refractivity contribution is 5.96. The Bertz CT molecular complexity index is 1410. The number of nitrogens with two attached hydrogens (primary N) is 1. The van der Waals surface area contributed by atoms with Crippen LogP contribution in [0.25, 0.3) is 0 Å². The molecule has 1 unspecified atom stereocenters. The number of hydrogen-bond acceptors (Lipinski definition) is 5. The standard InChI is InChI=1S/C32H40N4O3/c1-7-36(34-6)29-11-10-26(22(5)31(29)33)28(17-30(37)38)24-9-8-23-12-13-35(18-25(23)16-24)32(39)27-15-19(2)14-20(3)21(27)4/h8-11,14-16,28,34H,7,12-13,17-18,33H2,1-6H3,(H,37,38). The second-order valence-corrected chi connectivity index (χ2v) is 10.6. The van der Waals surface area contributed by atoms with Crippen LogP contribution in [-0.2, 0) is 17.8 Å². The fourth-order valence-electron chi connectivity index (χ4n) is 5.77. The molecular weight excluding hydrogens is 488 g/mol. The third-order valence-corrected chi connectivity index (χ3v) is 8.14. The van der Waals surface area contributed by atoms with Gasteiger partial charge in [-0.05, 0) is 92.1 Å². The summed E-state index contributed by atoms with van der Waals surface area (Å²) in [7, 11) is 1.85. The van der Waals surface area contributed by atoms with Gasteiger partial charge in [-0.25, -0.2) is 5.43 Å². The van der Waals surface area contributed by atoms with Crippen molar-refractivity contribution in [3.8, 4) is 0 Å². The Morgan fingerprint density at radius 2 is 1.79 bits per heavy atom. The summed E-state index contributed by atoms with van der Waals surface area (Å²) in [5, 5.41) is 11.8. The zero-order chi connectivity index (χ0) is 28.4. The lowest BCUT2D eigenvalue weighted by molar-refractivity contribution is -0.137. The number of carbonyl (C=O) groups excluding carboxylic acids is 1. The fraction of sp³-hybridized carbons (Fsp3) is 0.375. The van der Waals surface area contributed by atoms with Gasteiger partial charge in [-0.1, -0.05) is 35.9 Å². The van der Waals surface area contributed by atoms with E-state index in [-0.39, 0.29) is 18.2 Å². The highest BCUT2D eigenvalue weighted by atomic mass is 16.4. The molecule has 1 amide bonds. The number of nitrogens with zero attached hydrogens (tertiary/aromatic N) is 2. The highest BCUT2D eigenvalue weighted by Crippen LogP contribution is 2.38. The zero-order valence-corrected chi connectivity index (χ0v) is 23.9. The van der Waals surface area contributed by atoms with Crippen molar-refractivity contribution in [1.82, 2.24) is 10.3 Å². The van der Waals surface area contributed by atoms with Crippen LogP contribution in [0.15, 0.2) is 42.5 Å². The number of fused-ring (bicyclic) bond motifs is 1. The number of aryl methyl sites for hydroxylation is 2. The number of aliphatic carboxylic acids is 1. The molecule has 0 radical (unpaired) electrons. The quantitative estimate of drug-likeness (QED) is 0.272. The molecule has 4 rings (SSSR count). The minimum absolute atomic E-state index is 0.0432. The summed E-state index contributed by atoms with van der Waals surface area (Å²) in [6.07, 6.45) is 0.721. The Morgan fingerprint density at radius 1 is 1.05 bits per heavy atom. The molecule has 3 aromatic carbocycles. The van der Waals surface area contributed by atoms with Gasteiger partial charge in [0, 0.05) is 38.2 Å². The highest BCUT2D eigenvalue weighted by Gasteiger charge is 2.27. The van der Waals surface area contributed by atoms with Crippen LogP contribution in [-0.4, -0.2) is 42.0 Å². The third kappa shape index (κ3) is 5.64. The van der Waals surface area contributed by atoms with E-state index in [9.17, 15) is 14.7 Å². The first-order valence-electron chi connectivity index (χ1n) is 13.6. The van der Waals surface area contributed by atoms with Gasteiger partial charge in [0.1, 0.15) is 0 Å². The summed E-state index contributed by atoms with van der Waals surface area (Å²) in [5.74, 6) is -1.18. The topological polar surface area (TPSA) is 98.9 Å². The molecule has 1 heterocycles. The van der Waals surface area contributed by atoms with Crippen LogP contribution in [0.1, 0.15) is 74.1 Å². The molecule has 0 bridgehead atoms. The Labute approximate surface area is 231 Å². The molecule has 0 saturated heterocycles. The lowest BCUT2D eigenvalue weighted by Crippen LogP contribution is -2.36. The van der Waals surface area contributed by atoms with Crippen LogP contribution in [0.3, 0.4) is 0 Å². The van der Waals surface area contributed by atoms with Gasteiger partial charge in [0.2, 0.25) is 0 Å². The van der Waals surface area contributed by atoms with Crippen molar-refractivity contribution >= 4 is 23.3 Å². The van der Waals surface area contributed by atoms with Crippen LogP contribution < -0.4 is 16.2 Å². The van der Waals surface area contributed by atoms with Crippen molar-refractivity contribution in [3.63, 3.8) is 0 Å². The number of nitrogens with one attached hydrogen (secondary N) is 1. The largest absolute Gasteiger partial charge is 0.481 e. The molecule has 0 fully saturated rings. The second kappa shape index (κ2) is 11.5. The van der Waals surface area contributed by atoms with E-state index in [1.165, 1.54) is 5.56 Å². The number of benzene rings is 3. The summed E-state index contributed by atoms with van der Waals surface area (Å²) in [6.45, 7) is 12.0. The molecule has 0 aliphatic carbocycles. The molecule has 3 aromatic rings. The lowest BCUT2D eigenvalue weighted by Gasteiger charge is -2.31. The first kappa shape index (κ1) is 28.2.